The molecule has 1 atom stereocenters. The molecular weight excluding hydrogens is 300 g/mol. The monoisotopic (exact) mass is 324 g/mol. The second-order valence-electron chi connectivity index (χ2n) is 5.81. The van der Waals surface area contributed by atoms with Crippen molar-refractivity contribution in [1.82, 2.24) is 5.32 Å². The van der Waals surface area contributed by atoms with Gasteiger partial charge in [0.25, 0.3) is 5.91 Å². The Labute approximate surface area is 132 Å². The molecule has 0 aromatic heterocycles. The summed E-state index contributed by atoms with van der Waals surface area (Å²) in [6, 6.07) is 6.94. The number of anilines is 1. The second kappa shape index (κ2) is 7.13. The van der Waals surface area contributed by atoms with Gasteiger partial charge >= 0.3 is 0 Å². The van der Waals surface area contributed by atoms with Crippen LogP contribution in [0.4, 0.5) is 5.69 Å². The number of nitrogens with zero attached hydrogens (tertiary/aromatic N) is 1. The van der Waals surface area contributed by atoms with Gasteiger partial charge in [0.15, 0.2) is 0 Å². The van der Waals surface area contributed by atoms with E-state index >= 15 is 0 Å². The Morgan fingerprint density at radius 1 is 1.27 bits per heavy atom. The molecular formula is C16H24N2O3S. The first kappa shape index (κ1) is 16.8. The van der Waals surface area contributed by atoms with Gasteiger partial charge in [0, 0.05) is 18.2 Å². The molecule has 6 heteroatoms. The zero-order valence-electron chi connectivity index (χ0n) is 13.2. The third-order valence-corrected chi connectivity index (χ3v) is 5.74. The third kappa shape index (κ3) is 4.00. The van der Waals surface area contributed by atoms with E-state index in [1.165, 1.54) is 4.31 Å². The molecule has 0 radical (unpaired) electrons. The van der Waals surface area contributed by atoms with Crippen molar-refractivity contribution in [1.29, 1.82) is 0 Å². The van der Waals surface area contributed by atoms with Crippen molar-refractivity contribution in [3.8, 4) is 0 Å². The SMILES string of the molecule is CCCC(C)NC(=O)c1ccc(N2CCCCS2(=O)=O)cc1. The van der Waals surface area contributed by atoms with Crippen molar-refractivity contribution >= 4 is 21.6 Å². The average Bonchev–Trinajstić information content (AvgIpc) is 2.47. The fourth-order valence-electron chi connectivity index (χ4n) is 2.67. The maximum atomic E-state index is 12.1. The number of benzene rings is 1. The van der Waals surface area contributed by atoms with Gasteiger partial charge in [-0.1, -0.05) is 13.3 Å². The molecule has 22 heavy (non-hydrogen) atoms. The number of nitrogens with one attached hydrogen (secondary N) is 1. The lowest BCUT2D eigenvalue weighted by Crippen LogP contribution is -2.37. The smallest absolute Gasteiger partial charge is 0.251 e. The predicted octanol–water partition coefficient (Wildman–Crippen LogP) is 2.54. The van der Waals surface area contributed by atoms with Crippen LogP contribution >= 0.6 is 0 Å². The molecule has 1 aliphatic rings. The molecule has 5 nitrogen and oxygen atoms in total. The van der Waals surface area contributed by atoms with E-state index in [0.717, 1.165) is 19.3 Å². The predicted molar refractivity (Wildman–Crippen MR) is 88.6 cm³/mol. The molecule has 0 aliphatic carbocycles. The van der Waals surface area contributed by atoms with Crippen LogP contribution in [0, 0.1) is 0 Å². The number of carbonyl (C=O) groups excluding carboxylic acids is 1. The summed E-state index contributed by atoms with van der Waals surface area (Å²) in [5.41, 5.74) is 1.19. The third-order valence-electron chi connectivity index (χ3n) is 3.87. The van der Waals surface area contributed by atoms with Gasteiger partial charge in [0.05, 0.1) is 11.4 Å². The summed E-state index contributed by atoms with van der Waals surface area (Å²) in [5.74, 6) is 0.0815. The highest BCUT2D eigenvalue weighted by atomic mass is 32.2. The average molecular weight is 324 g/mol. The highest BCUT2D eigenvalue weighted by Crippen LogP contribution is 2.23. The van der Waals surface area contributed by atoms with Crippen LogP contribution in [0.2, 0.25) is 0 Å². The summed E-state index contributed by atoms with van der Waals surface area (Å²) in [7, 11) is -3.20. The molecule has 1 aromatic rings. The number of sulfonamides is 1. The van der Waals surface area contributed by atoms with Gasteiger partial charge in [0.1, 0.15) is 0 Å². The van der Waals surface area contributed by atoms with Crippen molar-refractivity contribution in [2.75, 3.05) is 16.6 Å². The molecule has 1 N–H and O–H groups in total. The van der Waals surface area contributed by atoms with E-state index in [-0.39, 0.29) is 17.7 Å². The molecule has 1 amide bonds. The minimum absolute atomic E-state index is 0.117. The zero-order valence-corrected chi connectivity index (χ0v) is 14.0. The van der Waals surface area contributed by atoms with E-state index in [2.05, 4.69) is 12.2 Å². The van der Waals surface area contributed by atoms with Gasteiger partial charge in [-0.25, -0.2) is 8.42 Å². The first-order valence-corrected chi connectivity index (χ1v) is 9.46. The number of carbonyl (C=O) groups is 1. The van der Waals surface area contributed by atoms with E-state index in [4.69, 9.17) is 0 Å². The van der Waals surface area contributed by atoms with Crippen LogP contribution in [-0.2, 0) is 10.0 Å². The van der Waals surface area contributed by atoms with Crippen molar-refractivity contribution in [2.45, 2.75) is 45.6 Å². The Bertz CT molecular complexity index is 611. The lowest BCUT2D eigenvalue weighted by Gasteiger charge is -2.28. The van der Waals surface area contributed by atoms with Gasteiger partial charge in [0.2, 0.25) is 10.0 Å². The molecule has 1 saturated heterocycles. The molecule has 0 saturated carbocycles. The fraction of sp³-hybridized carbons (Fsp3) is 0.562. The lowest BCUT2D eigenvalue weighted by molar-refractivity contribution is 0.0938. The normalized spacial score (nSPS) is 18.7. The van der Waals surface area contributed by atoms with Crippen LogP contribution in [-0.4, -0.2) is 32.7 Å². The minimum atomic E-state index is -3.20. The number of amides is 1. The molecule has 0 bridgehead atoms. The standard InChI is InChI=1S/C16H24N2O3S/c1-3-6-13(2)17-16(19)14-7-9-15(10-8-14)18-11-4-5-12-22(18,20)21/h7-10,13H,3-6,11-12H2,1-2H3,(H,17,19). The first-order valence-electron chi connectivity index (χ1n) is 7.85. The highest BCUT2D eigenvalue weighted by Gasteiger charge is 2.26. The van der Waals surface area contributed by atoms with E-state index < -0.39 is 10.0 Å². The molecule has 1 aliphatic heterocycles. The Morgan fingerprint density at radius 2 is 1.95 bits per heavy atom. The van der Waals surface area contributed by atoms with Crippen molar-refractivity contribution < 1.29 is 13.2 Å². The number of rotatable bonds is 5. The molecule has 1 aromatic carbocycles. The van der Waals surface area contributed by atoms with Crippen LogP contribution < -0.4 is 9.62 Å². The molecule has 1 fully saturated rings. The van der Waals surface area contributed by atoms with Crippen LogP contribution in [0.15, 0.2) is 24.3 Å². The van der Waals surface area contributed by atoms with Crippen molar-refractivity contribution in [3.05, 3.63) is 29.8 Å². The summed E-state index contributed by atoms with van der Waals surface area (Å²) in [6.07, 6.45) is 3.55. The van der Waals surface area contributed by atoms with Gasteiger partial charge in [-0.05, 0) is 50.5 Å². The van der Waals surface area contributed by atoms with Gasteiger partial charge in [-0.2, -0.15) is 0 Å². The van der Waals surface area contributed by atoms with Gasteiger partial charge in [-0.3, -0.25) is 9.10 Å². The molecule has 122 valence electrons. The summed E-state index contributed by atoms with van der Waals surface area (Å²) >= 11 is 0. The van der Waals surface area contributed by atoms with E-state index in [1.807, 2.05) is 6.92 Å². The van der Waals surface area contributed by atoms with E-state index in [0.29, 0.717) is 24.2 Å². The minimum Gasteiger partial charge on any atom is -0.350 e. The number of hydrogen-bond donors (Lipinski definition) is 1. The molecule has 0 spiro atoms. The van der Waals surface area contributed by atoms with Crippen LogP contribution in [0.3, 0.4) is 0 Å². The highest BCUT2D eigenvalue weighted by molar-refractivity contribution is 7.92. The second-order valence-corrected chi connectivity index (χ2v) is 7.82. The maximum absolute atomic E-state index is 12.1. The topological polar surface area (TPSA) is 66.5 Å². The summed E-state index contributed by atoms with van der Waals surface area (Å²) in [4.78, 5) is 12.1. The Morgan fingerprint density at radius 3 is 2.55 bits per heavy atom. The zero-order chi connectivity index (χ0) is 16.2. The number of hydrogen-bond acceptors (Lipinski definition) is 3. The Kier molecular flexibility index (Phi) is 5.45. The Balaban J connectivity index is 2.08. The van der Waals surface area contributed by atoms with Crippen molar-refractivity contribution in [3.63, 3.8) is 0 Å². The van der Waals surface area contributed by atoms with Crippen molar-refractivity contribution in [2.24, 2.45) is 0 Å². The molecule has 2 rings (SSSR count). The van der Waals surface area contributed by atoms with E-state index in [1.54, 1.807) is 24.3 Å². The van der Waals surface area contributed by atoms with Crippen LogP contribution in [0.5, 0.6) is 0 Å². The summed E-state index contributed by atoms with van der Waals surface area (Å²) in [6.45, 7) is 4.58. The maximum Gasteiger partial charge on any atom is 0.251 e. The molecule has 1 heterocycles. The van der Waals surface area contributed by atoms with Gasteiger partial charge in [-0.15, -0.1) is 0 Å². The summed E-state index contributed by atoms with van der Waals surface area (Å²) in [5, 5.41) is 2.94. The van der Waals surface area contributed by atoms with Crippen LogP contribution in [0.1, 0.15) is 49.9 Å². The first-order chi connectivity index (χ1) is 10.4. The molecule has 1 unspecified atom stereocenters. The lowest BCUT2D eigenvalue weighted by atomic mass is 10.1. The quantitative estimate of drug-likeness (QED) is 0.905. The van der Waals surface area contributed by atoms with Gasteiger partial charge < -0.3 is 5.32 Å². The van der Waals surface area contributed by atoms with Crippen LogP contribution in [0.25, 0.3) is 0 Å². The van der Waals surface area contributed by atoms with E-state index in [9.17, 15) is 13.2 Å². The Hall–Kier alpha value is -1.56. The summed E-state index contributed by atoms with van der Waals surface area (Å²) < 4.78 is 25.6. The largest absolute Gasteiger partial charge is 0.350 e. The fourth-order valence-corrected chi connectivity index (χ4v) is 4.31.